The lowest BCUT2D eigenvalue weighted by Crippen LogP contribution is -2.07. The molecule has 25 heavy (non-hydrogen) atoms. The van der Waals surface area contributed by atoms with Crippen molar-refractivity contribution in [2.45, 2.75) is 0 Å². The summed E-state index contributed by atoms with van der Waals surface area (Å²) >= 11 is 7.17. The number of halogens is 1. The number of anilines is 1. The van der Waals surface area contributed by atoms with Crippen molar-refractivity contribution in [3.8, 4) is 16.3 Å². The van der Waals surface area contributed by atoms with E-state index < -0.39 is 0 Å². The third-order valence-corrected chi connectivity index (χ3v) is 4.43. The number of hydrogen-bond acceptors (Lipinski definition) is 5. The fraction of sp³-hybridized carbons (Fsp3) is 0.0556. The maximum Gasteiger partial charge on any atom is 0.250 e. The van der Waals surface area contributed by atoms with E-state index in [1.54, 1.807) is 25.3 Å². The lowest BCUT2D eigenvalue weighted by molar-refractivity contribution is -0.111. The van der Waals surface area contributed by atoms with Crippen LogP contribution in [0.4, 0.5) is 5.13 Å². The molecule has 0 spiro atoms. The van der Waals surface area contributed by atoms with Gasteiger partial charge in [0.05, 0.1) is 7.11 Å². The highest BCUT2D eigenvalue weighted by molar-refractivity contribution is 7.18. The number of nitrogens with zero attached hydrogens (tertiary/aromatic N) is 2. The maximum atomic E-state index is 12.0. The first-order valence-corrected chi connectivity index (χ1v) is 8.56. The Balaban J connectivity index is 1.63. The van der Waals surface area contributed by atoms with Crippen molar-refractivity contribution in [3.05, 3.63) is 65.2 Å². The zero-order valence-corrected chi connectivity index (χ0v) is 14.8. The van der Waals surface area contributed by atoms with Crippen molar-refractivity contribution in [1.29, 1.82) is 0 Å². The third kappa shape index (κ3) is 4.65. The number of rotatable bonds is 5. The van der Waals surface area contributed by atoms with E-state index in [1.807, 2.05) is 36.4 Å². The molecule has 0 atom stereocenters. The topological polar surface area (TPSA) is 64.1 Å². The number of aromatic nitrogens is 2. The monoisotopic (exact) mass is 371 g/mol. The van der Waals surface area contributed by atoms with Gasteiger partial charge < -0.3 is 4.74 Å². The molecule has 0 saturated carbocycles. The summed E-state index contributed by atoms with van der Waals surface area (Å²) in [7, 11) is 1.61. The first-order chi connectivity index (χ1) is 12.1. The maximum absolute atomic E-state index is 12.0. The molecule has 1 heterocycles. The molecule has 1 N–H and O–H groups in total. The highest BCUT2D eigenvalue weighted by Gasteiger charge is 2.08. The van der Waals surface area contributed by atoms with E-state index in [0.29, 0.717) is 15.2 Å². The van der Waals surface area contributed by atoms with Crippen LogP contribution in [-0.2, 0) is 4.79 Å². The van der Waals surface area contributed by atoms with Crippen LogP contribution in [0.3, 0.4) is 0 Å². The van der Waals surface area contributed by atoms with Crippen molar-refractivity contribution in [3.63, 3.8) is 0 Å². The van der Waals surface area contributed by atoms with Crippen LogP contribution in [0.25, 0.3) is 16.6 Å². The molecule has 0 aliphatic heterocycles. The van der Waals surface area contributed by atoms with Gasteiger partial charge >= 0.3 is 0 Å². The number of carbonyl (C=O) groups excluding carboxylic acids is 1. The molecule has 0 fully saturated rings. The molecule has 0 saturated heterocycles. The standard InChI is InChI=1S/C18H14ClN3O2S/c1-24-15-9-2-12(3-10-15)4-11-16(23)20-18-22-21-17(25-18)13-5-7-14(19)8-6-13/h2-11H,1H3,(H,20,22,23)/b11-4+. The van der Waals surface area contributed by atoms with Crippen LogP contribution in [-0.4, -0.2) is 23.2 Å². The van der Waals surface area contributed by atoms with Crippen molar-refractivity contribution in [2.24, 2.45) is 0 Å². The quantitative estimate of drug-likeness (QED) is 0.670. The van der Waals surface area contributed by atoms with E-state index in [1.165, 1.54) is 17.4 Å². The largest absolute Gasteiger partial charge is 0.497 e. The number of nitrogens with one attached hydrogen (secondary N) is 1. The second kappa shape index (κ2) is 7.92. The Morgan fingerprint density at radius 2 is 1.84 bits per heavy atom. The van der Waals surface area contributed by atoms with Gasteiger partial charge in [-0.2, -0.15) is 0 Å². The van der Waals surface area contributed by atoms with Crippen molar-refractivity contribution >= 4 is 40.1 Å². The predicted molar refractivity (Wildman–Crippen MR) is 101 cm³/mol. The second-order valence-corrected chi connectivity index (χ2v) is 6.43. The Kier molecular flexibility index (Phi) is 5.42. The van der Waals surface area contributed by atoms with E-state index in [9.17, 15) is 4.79 Å². The summed E-state index contributed by atoms with van der Waals surface area (Å²) in [5, 5.41) is 12.6. The Morgan fingerprint density at radius 3 is 2.52 bits per heavy atom. The van der Waals surface area contributed by atoms with Crippen LogP contribution in [0, 0.1) is 0 Å². The molecule has 2 aromatic carbocycles. The van der Waals surface area contributed by atoms with Gasteiger partial charge in [0.1, 0.15) is 10.8 Å². The SMILES string of the molecule is COc1ccc(/C=C/C(=O)Nc2nnc(-c3ccc(Cl)cc3)s2)cc1. The van der Waals surface area contributed by atoms with Crippen LogP contribution in [0.1, 0.15) is 5.56 Å². The minimum atomic E-state index is -0.269. The van der Waals surface area contributed by atoms with Crippen LogP contribution < -0.4 is 10.1 Å². The molecular weight excluding hydrogens is 358 g/mol. The lowest BCUT2D eigenvalue weighted by Gasteiger charge is -1.99. The molecule has 1 amide bonds. The molecule has 5 nitrogen and oxygen atoms in total. The summed E-state index contributed by atoms with van der Waals surface area (Å²) in [6, 6.07) is 14.7. The predicted octanol–water partition coefficient (Wildman–Crippen LogP) is 4.52. The number of carbonyl (C=O) groups is 1. The van der Waals surface area contributed by atoms with E-state index in [-0.39, 0.29) is 5.91 Å². The average molecular weight is 372 g/mol. The highest BCUT2D eigenvalue weighted by Crippen LogP contribution is 2.27. The summed E-state index contributed by atoms with van der Waals surface area (Å²) in [5.41, 5.74) is 1.80. The molecule has 7 heteroatoms. The van der Waals surface area contributed by atoms with Gasteiger partial charge in [-0.25, -0.2) is 0 Å². The highest BCUT2D eigenvalue weighted by atomic mass is 35.5. The molecule has 0 bridgehead atoms. The zero-order valence-electron chi connectivity index (χ0n) is 13.3. The number of ether oxygens (including phenoxy) is 1. The number of hydrogen-bond donors (Lipinski definition) is 1. The fourth-order valence-corrected chi connectivity index (χ4v) is 2.89. The van der Waals surface area contributed by atoms with Crippen LogP contribution in [0.2, 0.25) is 5.02 Å². The van der Waals surface area contributed by atoms with E-state index >= 15 is 0 Å². The summed E-state index contributed by atoms with van der Waals surface area (Å²) in [6.45, 7) is 0. The number of amides is 1. The van der Waals surface area contributed by atoms with E-state index in [4.69, 9.17) is 16.3 Å². The van der Waals surface area contributed by atoms with Crippen molar-refractivity contribution in [2.75, 3.05) is 12.4 Å². The van der Waals surface area contributed by atoms with Crippen molar-refractivity contribution < 1.29 is 9.53 Å². The molecule has 0 aliphatic rings. The Hall–Kier alpha value is -2.70. The van der Waals surface area contributed by atoms with E-state index in [0.717, 1.165) is 16.9 Å². The van der Waals surface area contributed by atoms with Gasteiger partial charge in [-0.15, -0.1) is 10.2 Å². The average Bonchev–Trinajstić information content (AvgIpc) is 3.09. The minimum absolute atomic E-state index is 0.269. The molecule has 3 rings (SSSR count). The Labute approximate surface area is 153 Å². The Bertz CT molecular complexity index is 889. The summed E-state index contributed by atoms with van der Waals surface area (Å²) in [6.07, 6.45) is 3.17. The smallest absolute Gasteiger partial charge is 0.250 e. The van der Waals surface area contributed by atoms with Gasteiger partial charge in [0.25, 0.3) is 0 Å². The van der Waals surface area contributed by atoms with Gasteiger partial charge in [0.2, 0.25) is 11.0 Å². The number of methoxy groups -OCH3 is 1. The third-order valence-electron chi connectivity index (χ3n) is 3.29. The fourth-order valence-electron chi connectivity index (χ4n) is 2.02. The summed E-state index contributed by atoms with van der Waals surface area (Å²) in [5.74, 6) is 0.500. The molecule has 1 aromatic heterocycles. The van der Waals surface area contributed by atoms with Crippen LogP contribution >= 0.6 is 22.9 Å². The molecule has 0 aliphatic carbocycles. The molecular formula is C18H14ClN3O2S. The summed E-state index contributed by atoms with van der Waals surface area (Å²) < 4.78 is 5.09. The van der Waals surface area contributed by atoms with E-state index in [2.05, 4.69) is 15.5 Å². The zero-order chi connectivity index (χ0) is 17.6. The molecule has 0 radical (unpaired) electrons. The van der Waals surface area contributed by atoms with Crippen molar-refractivity contribution in [1.82, 2.24) is 10.2 Å². The molecule has 126 valence electrons. The van der Waals surface area contributed by atoms with Crippen LogP contribution in [0.5, 0.6) is 5.75 Å². The number of benzene rings is 2. The van der Waals surface area contributed by atoms with Gasteiger partial charge in [-0.3, -0.25) is 10.1 Å². The van der Waals surface area contributed by atoms with Crippen LogP contribution in [0.15, 0.2) is 54.6 Å². The normalized spacial score (nSPS) is 10.8. The van der Waals surface area contributed by atoms with Gasteiger partial charge in [-0.05, 0) is 35.9 Å². The molecule has 3 aromatic rings. The minimum Gasteiger partial charge on any atom is -0.497 e. The Morgan fingerprint density at radius 1 is 1.12 bits per heavy atom. The van der Waals surface area contributed by atoms with Gasteiger partial charge in [-0.1, -0.05) is 47.2 Å². The molecule has 0 unspecified atom stereocenters. The first-order valence-electron chi connectivity index (χ1n) is 7.36. The van der Waals surface area contributed by atoms with Gasteiger partial charge in [0, 0.05) is 16.7 Å². The second-order valence-electron chi connectivity index (χ2n) is 5.02. The lowest BCUT2D eigenvalue weighted by atomic mass is 10.2. The van der Waals surface area contributed by atoms with Gasteiger partial charge in [0.15, 0.2) is 0 Å². The first kappa shape index (κ1) is 17.1. The summed E-state index contributed by atoms with van der Waals surface area (Å²) in [4.78, 5) is 12.0.